The summed E-state index contributed by atoms with van der Waals surface area (Å²) in [5.74, 6) is 0. The fraction of sp³-hybridized carbons (Fsp3) is 0.833. The Balaban J connectivity index is -0.000000173. The van der Waals surface area contributed by atoms with Crippen molar-refractivity contribution >= 4 is 22.3 Å². The van der Waals surface area contributed by atoms with Gasteiger partial charge in [-0.05, 0) is 35.2 Å². The van der Waals surface area contributed by atoms with Crippen LogP contribution in [0.5, 0.6) is 0 Å². The van der Waals surface area contributed by atoms with E-state index in [2.05, 4.69) is 6.30 Å². The molecule has 79 valence electrons. The Hall–Kier alpha value is 1.51. The Morgan fingerprint density at radius 2 is 1.54 bits per heavy atom. The quantitative estimate of drug-likeness (QED) is 0.718. The molecule has 0 amide bonds. The summed E-state index contributed by atoms with van der Waals surface area (Å²) in [6.45, 7) is 8.18. The number of hydrogen-bond acceptors (Lipinski definition) is 2. The van der Waals surface area contributed by atoms with Gasteiger partial charge in [-0.2, -0.15) is 0 Å². The van der Waals surface area contributed by atoms with Crippen molar-refractivity contribution in [3.63, 3.8) is 0 Å². The molecule has 4 nitrogen and oxygen atoms in total. The van der Waals surface area contributed by atoms with Crippen molar-refractivity contribution in [2.75, 3.05) is 6.66 Å². The molecule has 1 radical (unpaired) electrons. The van der Waals surface area contributed by atoms with Crippen LogP contribution in [0.3, 0.4) is 0 Å². The normalized spacial score (nSPS) is 12.5. The first-order valence-corrected chi connectivity index (χ1v) is 6.83. The minimum absolute atomic E-state index is 0. The van der Waals surface area contributed by atoms with Gasteiger partial charge in [-0.1, -0.05) is 6.30 Å². The molecule has 0 fully saturated rings. The van der Waals surface area contributed by atoms with Crippen LogP contribution in [0.4, 0.5) is 0 Å². The smallest absolute Gasteiger partial charge is 0.314 e. The first-order chi connectivity index (χ1) is 5.15. The van der Waals surface area contributed by atoms with Crippen molar-refractivity contribution in [3.8, 4) is 0 Å². The van der Waals surface area contributed by atoms with E-state index in [1.807, 2.05) is 27.4 Å². The van der Waals surface area contributed by atoms with Crippen LogP contribution in [-0.2, 0) is 41.8 Å². The van der Waals surface area contributed by atoms with Gasteiger partial charge in [0.2, 0.25) is 0 Å². The van der Waals surface area contributed by atoms with Gasteiger partial charge in [0.05, 0.1) is 5.60 Å². The second-order valence-electron chi connectivity index (χ2n) is 3.20. The van der Waals surface area contributed by atoms with Gasteiger partial charge in [0.25, 0.3) is 0 Å². The zero-order chi connectivity index (χ0) is 10.4. The maximum absolute atomic E-state index is 8.74. The minimum atomic E-state index is -3.13. The van der Waals surface area contributed by atoms with Crippen LogP contribution in [-0.4, -0.2) is 28.4 Å². The van der Waals surface area contributed by atoms with E-state index in [0.29, 0.717) is 0 Å². The van der Waals surface area contributed by atoms with Gasteiger partial charge in [-0.25, -0.2) is 0 Å². The standard InChI is InChI=1S/C6H15OP.H3O3P.Y/c1-6(2,3)7-8(4)5;1-4(2)3;/h8H,4H2,1-3,5H3;4H,(H2,1,2,3);. The molecule has 0 saturated carbocycles. The third-order valence-corrected chi connectivity index (χ3v) is 1.44. The van der Waals surface area contributed by atoms with Crippen LogP contribution in [0.2, 0.25) is 0 Å². The molecular formula is C6H18O4P2Y. The molecule has 0 aliphatic carbocycles. The predicted molar refractivity (Wildman–Crippen MR) is 55.6 cm³/mol. The van der Waals surface area contributed by atoms with Crippen LogP contribution >= 0.6 is 16.0 Å². The summed E-state index contributed by atoms with van der Waals surface area (Å²) in [4.78, 5) is 14.3. The summed E-state index contributed by atoms with van der Waals surface area (Å²) >= 11 is 0. The molecule has 0 aromatic rings. The monoisotopic (exact) mass is 305 g/mol. The van der Waals surface area contributed by atoms with Gasteiger partial charge in [-0.15, -0.1) is 0 Å². The van der Waals surface area contributed by atoms with E-state index in [1.165, 1.54) is 0 Å². The molecule has 0 aliphatic heterocycles. The Bertz CT molecular complexity index is 163. The average Bonchev–Trinajstić information content (AvgIpc) is 1.52. The van der Waals surface area contributed by atoms with Crippen LogP contribution in [0.15, 0.2) is 0 Å². The SMILES string of the molecule is C=[PH](C)OC(C)(C)C.O=[PH](O)O.[Y]. The molecule has 0 aliphatic rings. The van der Waals surface area contributed by atoms with Gasteiger partial charge in [0.1, 0.15) is 0 Å². The third kappa shape index (κ3) is 42.2. The molecule has 2 N–H and O–H groups in total. The van der Waals surface area contributed by atoms with Crippen LogP contribution in [0, 0.1) is 0 Å². The summed E-state index contributed by atoms with van der Waals surface area (Å²) in [7, 11) is -3.87. The molecule has 0 spiro atoms. The van der Waals surface area contributed by atoms with E-state index in [0.717, 1.165) is 0 Å². The molecule has 0 saturated heterocycles. The van der Waals surface area contributed by atoms with E-state index < -0.39 is 16.0 Å². The van der Waals surface area contributed by atoms with Gasteiger partial charge < -0.3 is 14.3 Å². The Labute approximate surface area is 106 Å². The van der Waals surface area contributed by atoms with E-state index in [9.17, 15) is 0 Å². The molecule has 13 heavy (non-hydrogen) atoms. The van der Waals surface area contributed by atoms with Crippen LogP contribution in [0.1, 0.15) is 20.8 Å². The van der Waals surface area contributed by atoms with Gasteiger partial charge in [0.15, 0.2) is 0 Å². The zero-order valence-electron chi connectivity index (χ0n) is 8.50. The largest absolute Gasteiger partial charge is 0.360 e. The number of rotatable bonds is 1. The van der Waals surface area contributed by atoms with Crippen LogP contribution in [0.25, 0.3) is 0 Å². The minimum Gasteiger partial charge on any atom is -0.360 e. The summed E-state index contributed by atoms with van der Waals surface area (Å²) in [5.41, 5.74) is 0.00476. The Kier molecular flexibility index (Phi) is 15.5. The van der Waals surface area contributed by atoms with Gasteiger partial charge in [0, 0.05) is 32.7 Å². The predicted octanol–water partition coefficient (Wildman–Crippen LogP) is 1.35. The van der Waals surface area contributed by atoms with Crippen molar-refractivity contribution in [1.82, 2.24) is 0 Å². The van der Waals surface area contributed by atoms with E-state index >= 15 is 0 Å². The Morgan fingerprint density at radius 1 is 1.31 bits per heavy atom. The van der Waals surface area contributed by atoms with E-state index in [-0.39, 0.29) is 38.3 Å². The fourth-order valence-corrected chi connectivity index (χ4v) is 1.57. The second kappa shape index (κ2) is 10.0. The summed E-state index contributed by atoms with van der Waals surface area (Å²) in [5, 5.41) is 0. The first kappa shape index (κ1) is 20.0. The van der Waals surface area contributed by atoms with Crippen LogP contribution < -0.4 is 0 Å². The molecule has 0 bridgehead atoms. The summed E-state index contributed by atoms with van der Waals surface area (Å²) in [6.07, 6.45) is 3.80. The topological polar surface area (TPSA) is 66.8 Å². The van der Waals surface area contributed by atoms with Crippen molar-refractivity contribution in [3.05, 3.63) is 0 Å². The average molecular weight is 305 g/mol. The number of hydrogen-bond donors (Lipinski definition) is 2. The fourth-order valence-electron chi connectivity index (χ4n) is 0.523. The molecular weight excluding hydrogens is 287 g/mol. The first-order valence-electron chi connectivity index (χ1n) is 3.41. The zero-order valence-corrected chi connectivity index (χ0v) is 13.3. The van der Waals surface area contributed by atoms with Gasteiger partial charge >= 0.3 is 8.25 Å². The second-order valence-corrected chi connectivity index (χ2v) is 5.37. The molecule has 1 atom stereocenters. The van der Waals surface area contributed by atoms with Crippen molar-refractivity contribution in [2.24, 2.45) is 0 Å². The molecule has 0 aromatic heterocycles. The van der Waals surface area contributed by atoms with Crippen molar-refractivity contribution < 1.29 is 51.6 Å². The van der Waals surface area contributed by atoms with Crippen molar-refractivity contribution in [2.45, 2.75) is 26.4 Å². The maximum Gasteiger partial charge on any atom is 0.314 e. The molecule has 0 aromatic carbocycles. The van der Waals surface area contributed by atoms with E-state index in [4.69, 9.17) is 18.9 Å². The molecule has 0 heterocycles. The Morgan fingerprint density at radius 3 is 1.54 bits per heavy atom. The molecule has 1 unspecified atom stereocenters. The molecule has 0 rings (SSSR count). The van der Waals surface area contributed by atoms with Gasteiger partial charge in [-0.3, -0.25) is 4.57 Å². The maximum atomic E-state index is 8.74. The summed E-state index contributed by atoms with van der Waals surface area (Å²) in [6, 6.07) is 0. The molecule has 7 heteroatoms. The third-order valence-electron chi connectivity index (χ3n) is 0.480. The van der Waals surface area contributed by atoms with Crippen molar-refractivity contribution in [1.29, 1.82) is 0 Å². The summed E-state index contributed by atoms with van der Waals surface area (Å²) < 4.78 is 14.2. The van der Waals surface area contributed by atoms with E-state index in [1.54, 1.807) is 0 Å².